The molecule has 13 heavy (non-hydrogen) atoms. The Balaban J connectivity index is 3.19. The Hall–Kier alpha value is 0.150. The van der Waals surface area contributed by atoms with Crippen molar-refractivity contribution in [2.24, 2.45) is 0 Å². The van der Waals surface area contributed by atoms with Gasteiger partial charge in [-0.3, -0.25) is 0 Å². The maximum atomic E-state index is 6.14. The fourth-order valence-corrected chi connectivity index (χ4v) is 2.84. The Kier molecular flexibility index (Phi) is 3.21. The average Bonchev–Trinajstić information content (AvgIpc) is 2.20. The molecule has 0 aliphatic rings. The van der Waals surface area contributed by atoms with E-state index < -0.39 is 5.76 Å². The molecule has 0 amide bonds. The molecule has 0 atom stereocenters. The van der Waals surface area contributed by atoms with Crippen molar-refractivity contribution in [2.45, 2.75) is 0 Å². The van der Waals surface area contributed by atoms with E-state index in [2.05, 4.69) is 0 Å². The van der Waals surface area contributed by atoms with Crippen molar-refractivity contribution in [1.82, 2.24) is 0 Å². The summed E-state index contributed by atoms with van der Waals surface area (Å²) < 4.78 is 10.2. The number of hydrogen-bond acceptors (Lipinski definition) is 2. The SMILES string of the molecule is COP(Cl)(Cl)(OC)c1ccccc1. The molecule has 2 nitrogen and oxygen atoms in total. The van der Waals surface area contributed by atoms with Crippen LogP contribution in [0.15, 0.2) is 30.3 Å². The van der Waals surface area contributed by atoms with Crippen molar-refractivity contribution in [1.29, 1.82) is 0 Å². The third-order valence-electron chi connectivity index (χ3n) is 1.77. The summed E-state index contributed by atoms with van der Waals surface area (Å²) >= 11 is 12.3. The van der Waals surface area contributed by atoms with Crippen LogP contribution in [0, 0.1) is 0 Å². The van der Waals surface area contributed by atoms with Crippen LogP contribution in [-0.2, 0) is 9.05 Å². The van der Waals surface area contributed by atoms with Gasteiger partial charge in [-0.05, 0) is 0 Å². The minimum atomic E-state index is -3.60. The van der Waals surface area contributed by atoms with Crippen LogP contribution in [0.2, 0.25) is 0 Å². The van der Waals surface area contributed by atoms with Gasteiger partial charge in [-0.1, -0.05) is 0 Å². The van der Waals surface area contributed by atoms with Crippen LogP contribution in [0.25, 0.3) is 0 Å². The van der Waals surface area contributed by atoms with E-state index in [4.69, 9.17) is 31.5 Å². The fourth-order valence-electron chi connectivity index (χ4n) is 0.948. The van der Waals surface area contributed by atoms with Crippen molar-refractivity contribution in [3.05, 3.63) is 30.3 Å². The molecule has 0 aliphatic heterocycles. The average molecular weight is 241 g/mol. The van der Waals surface area contributed by atoms with Crippen molar-refractivity contribution < 1.29 is 9.05 Å². The molecular formula is C8H11Cl2O2P. The molecule has 0 fully saturated rings. The molecular weight excluding hydrogens is 230 g/mol. The molecule has 1 aromatic rings. The van der Waals surface area contributed by atoms with E-state index in [1.165, 1.54) is 14.2 Å². The van der Waals surface area contributed by atoms with Crippen molar-refractivity contribution in [3.8, 4) is 0 Å². The van der Waals surface area contributed by atoms with Crippen LogP contribution in [0.4, 0.5) is 0 Å². The zero-order valence-corrected chi connectivity index (χ0v) is 9.81. The normalized spacial score (nSPS) is 14.9. The number of rotatable bonds is 3. The first kappa shape index (κ1) is 11.2. The van der Waals surface area contributed by atoms with Gasteiger partial charge in [-0.25, -0.2) is 0 Å². The molecule has 5 heteroatoms. The summed E-state index contributed by atoms with van der Waals surface area (Å²) in [6.45, 7) is 0. The number of hydrogen-bond donors (Lipinski definition) is 0. The second-order valence-electron chi connectivity index (χ2n) is 2.47. The van der Waals surface area contributed by atoms with E-state index in [9.17, 15) is 0 Å². The van der Waals surface area contributed by atoms with Crippen LogP contribution in [0.1, 0.15) is 0 Å². The first-order valence-electron chi connectivity index (χ1n) is 3.65. The molecule has 0 unspecified atom stereocenters. The molecule has 1 aromatic carbocycles. The summed E-state index contributed by atoms with van der Waals surface area (Å²) in [7, 11) is 2.88. The van der Waals surface area contributed by atoms with Gasteiger partial charge in [0.05, 0.1) is 0 Å². The van der Waals surface area contributed by atoms with Crippen LogP contribution < -0.4 is 5.30 Å². The van der Waals surface area contributed by atoms with E-state index in [0.29, 0.717) is 5.30 Å². The van der Waals surface area contributed by atoms with E-state index in [1.54, 1.807) is 12.1 Å². The first-order valence-corrected chi connectivity index (χ1v) is 7.54. The van der Waals surface area contributed by atoms with Crippen LogP contribution in [0.5, 0.6) is 0 Å². The summed E-state index contributed by atoms with van der Waals surface area (Å²) in [5.41, 5.74) is 0. The zero-order chi connectivity index (χ0) is 9.97. The Labute approximate surface area is 87.4 Å². The second-order valence-corrected chi connectivity index (χ2v) is 9.45. The van der Waals surface area contributed by atoms with Gasteiger partial charge in [0.2, 0.25) is 0 Å². The van der Waals surface area contributed by atoms with Gasteiger partial charge in [0, 0.05) is 0 Å². The molecule has 0 bridgehead atoms. The van der Waals surface area contributed by atoms with Gasteiger partial charge in [-0.2, -0.15) is 0 Å². The Morgan fingerprint density at radius 1 is 1.00 bits per heavy atom. The molecule has 0 radical (unpaired) electrons. The molecule has 0 saturated carbocycles. The molecule has 0 aromatic heterocycles. The van der Waals surface area contributed by atoms with Crippen molar-refractivity contribution >= 4 is 33.5 Å². The molecule has 0 heterocycles. The Bertz CT molecular complexity index is 281. The van der Waals surface area contributed by atoms with Crippen LogP contribution in [0.3, 0.4) is 0 Å². The van der Waals surface area contributed by atoms with Gasteiger partial charge >= 0.3 is 87.1 Å². The third kappa shape index (κ3) is 2.15. The maximum absolute atomic E-state index is 6.14. The summed E-state index contributed by atoms with van der Waals surface area (Å²) in [6, 6.07) is 9.11. The number of halogens is 2. The van der Waals surface area contributed by atoms with Crippen molar-refractivity contribution in [2.75, 3.05) is 14.2 Å². The first-order chi connectivity index (χ1) is 6.02. The third-order valence-corrected chi connectivity index (χ3v) is 6.92. The monoisotopic (exact) mass is 240 g/mol. The standard InChI is InChI=1S/C8H11Cl2O2P/c1-11-13(9,10,12-2)8-6-4-3-5-7-8/h3-7H,1-2H3. The Morgan fingerprint density at radius 3 is 1.85 bits per heavy atom. The van der Waals surface area contributed by atoms with Gasteiger partial charge in [0.25, 0.3) is 0 Å². The molecule has 0 spiro atoms. The Morgan fingerprint density at radius 2 is 1.46 bits per heavy atom. The van der Waals surface area contributed by atoms with Gasteiger partial charge in [-0.15, -0.1) is 0 Å². The van der Waals surface area contributed by atoms with Gasteiger partial charge < -0.3 is 0 Å². The number of benzene rings is 1. The molecule has 74 valence electrons. The summed E-state index contributed by atoms with van der Waals surface area (Å²) in [5.74, 6) is -3.60. The molecule has 0 saturated heterocycles. The van der Waals surface area contributed by atoms with E-state index in [0.717, 1.165) is 0 Å². The molecule has 0 N–H and O–H groups in total. The van der Waals surface area contributed by atoms with E-state index in [1.807, 2.05) is 18.2 Å². The fraction of sp³-hybridized carbons (Fsp3) is 0.250. The zero-order valence-electron chi connectivity index (χ0n) is 7.41. The molecule has 0 aliphatic carbocycles. The predicted molar refractivity (Wildman–Crippen MR) is 58.7 cm³/mol. The van der Waals surface area contributed by atoms with Crippen LogP contribution in [-0.4, -0.2) is 14.2 Å². The predicted octanol–water partition coefficient (Wildman–Crippen LogP) is 3.30. The van der Waals surface area contributed by atoms with E-state index >= 15 is 0 Å². The second kappa shape index (κ2) is 3.72. The molecule has 1 rings (SSSR count). The minimum absolute atomic E-state index is 0.668. The van der Waals surface area contributed by atoms with Gasteiger partial charge in [0.15, 0.2) is 0 Å². The summed E-state index contributed by atoms with van der Waals surface area (Å²) in [6.07, 6.45) is 0. The summed E-state index contributed by atoms with van der Waals surface area (Å²) in [5, 5.41) is 0.668. The topological polar surface area (TPSA) is 18.5 Å². The van der Waals surface area contributed by atoms with Crippen molar-refractivity contribution in [3.63, 3.8) is 0 Å². The quantitative estimate of drug-likeness (QED) is 0.756. The van der Waals surface area contributed by atoms with Gasteiger partial charge in [0.1, 0.15) is 0 Å². The summed E-state index contributed by atoms with van der Waals surface area (Å²) in [4.78, 5) is 0. The van der Waals surface area contributed by atoms with E-state index in [-0.39, 0.29) is 0 Å². The van der Waals surface area contributed by atoms with Crippen LogP contribution >= 0.6 is 28.2 Å².